The number of amides is 1. The maximum atomic E-state index is 12.0. The summed E-state index contributed by atoms with van der Waals surface area (Å²) >= 11 is 5.97. The van der Waals surface area contributed by atoms with Crippen molar-refractivity contribution in [2.45, 2.75) is 6.92 Å². The van der Waals surface area contributed by atoms with Crippen molar-refractivity contribution in [3.05, 3.63) is 82.9 Å². The standard InChI is InChI=1S/C21H23ClN2O3/c1-13(16-5-7-18(22)8-6-16)20(15(3)27-4)14(2)17-11-19(24-12-17)21(26)23-9-10-25/h5-8,11-12,24-25H,1-2,9-10H2,3-4H3,(H,23,26)/b20-15+. The summed E-state index contributed by atoms with van der Waals surface area (Å²) in [5.41, 5.74) is 4.18. The van der Waals surface area contributed by atoms with Crippen LogP contribution in [0.25, 0.3) is 11.1 Å². The van der Waals surface area contributed by atoms with E-state index in [4.69, 9.17) is 21.4 Å². The Balaban J connectivity index is 2.34. The van der Waals surface area contributed by atoms with E-state index in [1.165, 1.54) is 0 Å². The molecule has 27 heavy (non-hydrogen) atoms. The van der Waals surface area contributed by atoms with Gasteiger partial charge in [-0.1, -0.05) is 36.9 Å². The Kier molecular flexibility index (Phi) is 7.05. The topological polar surface area (TPSA) is 74.4 Å². The first kappa shape index (κ1) is 20.6. The molecule has 0 saturated heterocycles. The van der Waals surface area contributed by atoms with Crippen LogP contribution in [0.2, 0.25) is 5.02 Å². The second-order valence-corrected chi connectivity index (χ2v) is 6.32. The number of benzene rings is 1. The number of nitrogens with one attached hydrogen (secondary N) is 2. The Morgan fingerprint density at radius 2 is 1.85 bits per heavy atom. The van der Waals surface area contributed by atoms with Gasteiger partial charge in [0.1, 0.15) is 11.5 Å². The van der Waals surface area contributed by atoms with Crippen molar-refractivity contribution in [3.8, 4) is 0 Å². The molecule has 2 rings (SSSR count). The Hall–Kier alpha value is -2.76. The van der Waals surface area contributed by atoms with Crippen LogP contribution in [-0.2, 0) is 4.74 Å². The number of hydrogen-bond donors (Lipinski definition) is 3. The minimum absolute atomic E-state index is 0.118. The van der Waals surface area contributed by atoms with Gasteiger partial charge in [-0.2, -0.15) is 0 Å². The van der Waals surface area contributed by atoms with Gasteiger partial charge in [0.05, 0.1) is 13.7 Å². The van der Waals surface area contributed by atoms with Gasteiger partial charge in [-0.25, -0.2) is 0 Å². The van der Waals surface area contributed by atoms with E-state index in [0.29, 0.717) is 22.0 Å². The Bertz CT molecular complexity index is 879. The van der Waals surface area contributed by atoms with E-state index in [2.05, 4.69) is 23.5 Å². The lowest BCUT2D eigenvalue weighted by molar-refractivity contribution is 0.0940. The van der Waals surface area contributed by atoms with Gasteiger partial charge < -0.3 is 20.1 Å². The van der Waals surface area contributed by atoms with Gasteiger partial charge in [-0.15, -0.1) is 0 Å². The van der Waals surface area contributed by atoms with E-state index in [0.717, 1.165) is 22.3 Å². The van der Waals surface area contributed by atoms with Crippen LogP contribution in [-0.4, -0.2) is 36.3 Å². The van der Waals surface area contributed by atoms with Gasteiger partial charge in [0.15, 0.2) is 0 Å². The van der Waals surface area contributed by atoms with E-state index >= 15 is 0 Å². The van der Waals surface area contributed by atoms with Crippen molar-refractivity contribution in [1.29, 1.82) is 0 Å². The molecule has 0 fully saturated rings. The summed E-state index contributed by atoms with van der Waals surface area (Å²) in [6, 6.07) is 9.06. The molecule has 2 aromatic rings. The smallest absolute Gasteiger partial charge is 0.267 e. The normalized spacial score (nSPS) is 11.6. The highest BCUT2D eigenvalue weighted by Crippen LogP contribution is 2.35. The number of aromatic nitrogens is 1. The molecule has 0 bridgehead atoms. The summed E-state index contributed by atoms with van der Waals surface area (Å²) in [5.74, 6) is 0.362. The molecule has 0 atom stereocenters. The number of halogens is 1. The third-order valence-electron chi connectivity index (χ3n) is 4.13. The van der Waals surface area contributed by atoms with Crippen LogP contribution in [0.15, 0.2) is 61.0 Å². The number of methoxy groups -OCH3 is 1. The van der Waals surface area contributed by atoms with Gasteiger partial charge in [-0.05, 0) is 41.8 Å². The summed E-state index contributed by atoms with van der Waals surface area (Å²) in [7, 11) is 1.59. The highest BCUT2D eigenvalue weighted by Gasteiger charge is 2.18. The largest absolute Gasteiger partial charge is 0.501 e. The van der Waals surface area contributed by atoms with Crippen molar-refractivity contribution in [2.24, 2.45) is 0 Å². The fraction of sp³-hybridized carbons (Fsp3) is 0.190. The molecule has 0 spiro atoms. The van der Waals surface area contributed by atoms with Crippen LogP contribution in [0.4, 0.5) is 0 Å². The molecule has 0 saturated carbocycles. The van der Waals surface area contributed by atoms with Gasteiger partial charge in [-0.3, -0.25) is 4.79 Å². The lowest BCUT2D eigenvalue weighted by Gasteiger charge is -2.16. The molecular formula is C21H23ClN2O3. The number of carbonyl (C=O) groups excluding carboxylic acids is 1. The molecule has 3 N–H and O–H groups in total. The quantitative estimate of drug-likeness (QED) is 0.473. The van der Waals surface area contributed by atoms with E-state index in [-0.39, 0.29) is 19.1 Å². The molecule has 6 heteroatoms. The first-order chi connectivity index (χ1) is 12.9. The molecular weight excluding hydrogens is 364 g/mol. The first-order valence-corrected chi connectivity index (χ1v) is 8.74. The molecule has 1 heterocycles. The zero-order valence-electron chi connectivity index (χ0n) is 15.4. The van der Waals surface area contributed by atoms with Crippen molar-refractivity contribution in [2.75, 3.05) is 20.3 Å². The van der Waals surface area contributed by atoms with Gasteiger partial charge in [0.2, 0.25) is 0 Å². The van der Waals surface area contributed by atoms with Gasteiger partial charge in [0, 0.05) is 28.9 Å². The Morgan fingerprint density at radius 1 is 1.22 bits per heavy atom. The van der Waals surface area contributed by atoms with Gasteiger partial charge in [0.25, 0.3) is 5.91 Å². The SMILES string of the molecule is C=C(/C(C(=C)c1c[nH]c(C(=O)NCCO)c1)=C(/C)OC)c1ccc(Cl)cc1. The third kappa shape index (κ3) is 4.90. The maximum Gasteiger partial charge on any atom is 0.267 e. The second kappa shape index (κ2) is 9.26. The predicted molar refractivity (Wildman–Crippen MR) is 109 cm³/mol. The number of hydrogen-bond acceptors (Lipinski definition) is 3. The zero-order valence-corrected chi connectivity index (χ0v) is 16.2. The van der Waals surface area contributed by atoms with Crippen molar-refractivity contribution >= 4 is 28.7 Å². The molecule has 0 unspecified atom stereocenters. The Labute approximate surface area is 164 Å². The highest BCUT2D eigenvalue weighted by molar-refractivity contribution is 6.30. The number of allylic oxidation sites excluding steroid dienone is 4. The summed E-state index contributed by atoms with van der Waals surface area (Å²) in [4.78, 5) is 15.0. The molecule has 1 aromatic carbocycles. The minimum atomic E-state index is -0.298. The summed E-state index contributed by atoms with van der Waals surface area (Å²) in [6.45, 7) is 10.3. The molecule has 0 radical (unpaired) electrons. The average molecular weight is 387 g/mol. The highest BCUT2D eigenvalue weighted by atomic mass is 35.5. The Morgan fingerprint density at radius 3 is 2.44 bits per heavy atom. The molecule has 0 aliphatic heterocycles. The van der Waals surface area contributed by atoms with Crippen LogP contribution < -0.4 is 5.32 Å². The summed E-state index contributed by atoms with van der Waals surface area (Å²) in [5, 5.41) is 12.1. The first-order valence-electron chi connectivity index (χ1n) is 8.36. The predicted octanol–water partition coefficient (Wildman–Crippen LogP) is 4.04. The number of aliphatic hydroxyl groups excluding tert-OH is 1. The number of aromatic amines is 1. The molecule has 0 aliphatic rings. The molecule has 1 aromatic heterocycles. The lowest BCUT2D eigenvalue weighted by Crippen LogP contribution is -2.26. The average Bonchev–Trinajstić information content (AvgIpc) is 3.16. The monoisotopic (exact) mass is 386 g/mol. The number of carbonyl (C=O) groups is 1. The molecule has 5 nitrogen and oxygen atoms in total. The van der Waals surface area contributed by atoms with Crippen LogP contribution in [0.3, 0.4) is 0 Å². The van der Waals surface area contributed by atoms with Crippen molar-refractivity contribution < 1.29 is 14.6 Å². The summed E-state index contributed by atoms with van der Waals surface area (Å²) in [6.07, 6.45) is 1.70. The van der Waals surface area contributed by atoms with Crippen LogP contribution in [0.1, 0.15) is 28.5 Å². The maximum absolute atomic E-state index is 12.0. The fourth-order valence-electron chi connectivity index (χ4n) is 2.61. The third-order valence-corrected chi connectivity index (χ3v) is 4.38. The lowest BCUT2D eigenvalue weighted by atomic mass is 9.90. The van der Waals surface area contributed by atoms with E-state index in [9.17, 15) is 4.79 Å². The van der Waals surface area contributed by atoms with Gasteiger partial charge >= 0.3 is 0 Å². The number of H-pyrrole nitrogens is 1. The fourth-order valence-corrected chi connectivity index (χ4v) is 2.74. The zero-order chi connectivity index (χ0) is 20.0. The molecule has 142 valence electrons. The summed E-state index contributed by atoms with van der Waals surface area (Å²) < 4.78 is 5.44. The number of ether oxygens (including phenoxy) is 1. The van der Waals surface area contributed by atoms with Crippen molar-refractivity contribution in [3.63, 3.8) is 0 Å². The number of aliphatic hydroxyl groups is 1. The molecule has 0 aliphatic carbocycles. The van der Waals surface area contributed by atoms with E-state index in [1.54, 1.807) is 31.5 Å². The van der Waals surface area contributed by atoms with Crippen LogP contribution in [0.5, 0.6) is 0 Å². The number of rotatable bonds is 8. The van der Waals surface area contributed by atoms with E-state index < -0.39 is 0 Å². The minimum Gasteiger partial charge on any atom is -0.501 e. The van der Waals surface area contributed by atoms with E-state index in [1.807, 2.05) is 19.1 Å². The molecule has 1 amide bonds. The van der Waals surface area contributed by atoms with Crippen LogP contribution in [0, 0.1) is 0 Å². The van der Waals surface area contributed by atoms with Crippen LogP contribution >= 0.6 is 11.6 Å². The van der Waals surface area contributed by atoms with Crippen molar-refractivity contribution in [1.82, 2.24) is 10.3 Å². The second-order valence-electron chi connectivity index (χ2n) is 5.88.